The number of rotatable bonds is 6. The number of hydrogen-bond donors (Lipinski definition) is 2. The van der Waals surface area contributed by atoms with E-state index in [0.29, 0.717) is 11.3 Å². The number of carbonyl (C=O) groups excluding carboxylic acids is 2. The zero-order valence-corrected chi connectivity index (χ0v) is 17.3. The molecule has 0 unspecified atom stereocenters. The number of anilines is 1. The minimum absolute atomic E-state index is 0.0259. The van der Waals surface area contributed by atoms with Crippen molar-refractivity contribution in [1.29, 1.82) is 0 Å². The van der Waals surface area contributed by atoms with E-state index >= 15 is 0 Å². The molecule has 1 aromatic heterocycles. The second-order valence-electron chi connectivity index (χ2n) is 6.58. The Kier molecular flexibility index (Phi) is 6.46. The molecule has 1 heterocycles. The topological polar surface area (TPSA) is 127 Å². The van der Waals surface area contributed by atoms with Crippen molar-refractivity contribution in [1.82, 2.24) is 5.43 Å². The first-order valence-corrected chi connectivity index (χ1v) is 9.40. The number of halogens is 1. The van der Waals surface area contributed by atoms with E-state index in [1.54, 1.807) is 38.1 Å². The predicted molar refractivity (Wildman–Crippen MR) is 116 cm³/mol. The smallest absolute Gasteiger partial charge is 0.291 e. The summed E-state index contributed by atoms with van der Waals surface area (Å²) in [5, 5.41) is 17.5. The van der Waals surface area contributed by atoms with Gasteiger partial charge in [0.1, 0.15) is 5.76 Å². The number of nitro benzene ring substituents is 1. The van der Waals surface area contributed by atoms with Crippen LogP contribution < -0.4 is 10.7 Å². The molecule has 158 valence electrons. The van der Waals surface area contributed by atoms with Crippen molar-refractivity contribution in [3.05, 3.63) is 81.1 Å². The second-order valence-corrected chi connectivity index (χ2v) is 6.99. The van der Waals surface area contributed by atoms with Crippen molar-refractivity contribution in [3.63, 3.8) is 0 Å². The fraction of sp³-hybridized carbons (Fsp3) is 0.0952. The number of nitrogens with one attached hydrogen (secondary N) is 2. The zero-order chi connectivity index (χ0) is 22.5. The molecule has 0 bridgehead atoms. The summed E-state index contributed by atoms with van der Waals surface area (Å²) in [7, 11) is 0. The van der Waals surface area contributed by atoms with Crippen LogP contribution in [0, 0.1) is 10.1 Å². The van der Waals surface area contributed by atoms with Crippen molar-refractivity contribution < 1.29 is 18.9 Å². The van der Waals surface area contributed by atoms with E-state index in [9.17, 15) is 19.7 Å². The Balaban J connectivity index is 1.81. The van der Waals surface area contributed by atoms with Crippen molar-refractivity contribution in [2.75, 3.05) is 5.32 Å². The van der Waals surface area contributed by atoms with Gasteiger partial charge in [-0.2, -0.15) is 5.10 Å². The molecular weight excluding hydrogens is 424 g/mol. The average molecular weight is 441 g/mol. The number of carbonyl (C=O) groups is 2. The number of furan rings is 1. The number of hydrogen-bond acceptors (Lipinski definition) is 6. The molecule has 2 N–H and O–H groups in total. The molecule has 0 spiro atoms. The first kappa shape index (κ1) is 21.7. The molecule has 3 rings (SSSR count). The van der Waals surface area contributed by atoms with Gasteiger partial charge in [-0.3, -0.25) is 19.7 Å². The van der Waals surface area contributed by atoms with E-state index in [0.717, 1.165) is 0 Å². The van der Waals surface area contributed by atoms with Gasteiger partial charge >= 0.3 is 0 Å². The third-order valence-corrected chi connectivity index (χ3v) is 4.37. The van der Waals surface area contributed by atoms with Crippen LogP contribution >= 0.6 is 11.6 Å². The van der Waals surface area contributed by atoms with Crippen LogP contribution in [-0.4, -0.2) is 22.4 Å². The quantitative estimate of drug-likeness (QED) is 0.320. The lowest BCUT2D eigenvalue weighted by atomic mass is 10.1. The lowest BCUT2D eigenvalue weighted by Gasteiger charge is -2.09. The van der Waals surface area contributed by atoms with Gasteiger partial charge in [0, 0.05) is 23.4 Å². The minimum atomic E-state index is -0.584. The van der Waals surface area contributed by atoms with Crippen LogP contribution in [-0.2, 0) is 0 Å². The summed E-state index contributed by atoms with van der Waals surface area (Å²) >= 11 is 6.11. The Morgan fingerprint density at radius 1 is 1.06 bits per heavy atom. The second kappa shape index (κ2) is 9.23. The molecule has 2 aromatic carbocycles. The van der Waals surface area contributed by atoms with Crippen molar-refractivity contribution in [2.24, 2.45) is 5.10 Å². The summed E-state index contributed by atoms with van der Waals surface area (Å²) in [5.41, 5.74) is 3.83. The van der Waals surface area contributed by atoms with Crippen LogP contribution in [0.25, 0.3) is 11.3 Å². The standard InChI is InChI=1S/C21H17ClN4O5/c1-12(2)24-25-20(27)15-5-3-4-6-17(15)23-21(28)19-10-9-18(31-19)14-8-7-13(26(29)30)11-16(14)22/h3-11H,1-2H3,(H,23,28)(H,25,27). The normalized spacial score (nSPS) is 10.3. The summed E-state index contributed by atoms with van der Waals surface area (Å²) in [6.07, 6.45) is 0. The molecular formula is C21H17ClN4O5. The highest BCUT2D eigenvalue weighted by molar-refractivity contribution is 6.33. The highest BCUT2D eigenvalue weighted by atomic mass is 35.5. The third-order valence-electron chi connectivity index (χ3n) is 4.06. The summed E-state index contributed by atoms with van der Waals surface area (Å²) in [6.45, 7) is 3.47. The fourth-order valence-corrected chi connectivity index (χ4v) is 2.89. The molecule has 0 radical (unpaired) electrons. The monoisotopic (exact) mass is 440 g/mol. The van der Waals surface area contributed by atoms with Gasteiger partial charge in [-0.15, -0.1) is 0 Å². The largest absolute Gasteiger partial charge is 0.451 e. The van der Waals surface area contributed by atoms with Gasteiger partial charge in [-0.25, -0.2) is 5.43 Å². The number of benzene rings is 2. The number of nitro groups is 1. The fourth-order valence-electron chi connectivity index (χ4n) is 2.62. The molecule has 0 saturated heterocycles. The van der Waals surface area contributed by atoms with Crippen LogP contribution in [0.1, 0.15) is 34.8 Å². The van der Waals surface area contributed by atoms with Crippen LogP contribution in [0.5, 0.6) is 0 Å². The Morgan fingerprint density at radius 3 is 2.48 bits per heavy atom. The van der Waals surface area contributed by atoms with E-state index < -0.39 is 16.7 Å². The van der Waals surface area contributed by atoms with Gasteiger partial charge in [0.25, 0.3) is 17.5 Å². The first-order valence-electron chi connectivity index (χ1n) is 9.02. The number of nitrogens with zero attached hydrogens (tertiary/aromatic N) is 2. The molecule has 0 atom stereocenters. The lowest BCUT2D eigenvalue weighted by Crippen LogP contribution is -2.21. The van der Waals surface area contributed by atoms with E-state index in [2.05, 4.69) is 15.8 Å². The SMILES string of the molecule is CC(C)=NNC(=O)c1ccccc1NC(=O)c1ccc(-c2ccc([N+](=O)[O-])cc2Cl)o1. The molecule has 2 amide bonds. The number of amides is 2. The first-order chi connectivity index (χ1) is 14.8. The van der Waals surface area contributed by atoms with Gasteiger partial charge < -0.3 is 9.73 Å². The molecule has 10 heteroatoms. The summed E-state index contributed by atoms with van der Waals surface area (Å²) < 4.78 is 5.58. The summed E-state index contributed by atoms with van der Waals surface area (Å²) in [4.78, 5) is 35.3. The van der Waals surface area contributed by atoms with Gasteiger partial charge in [-0.1, -0.05) is 23.7 Å². The maximum Gasteiger partial charge on any atom is 0.291 e. The molecule has 3 aromatic rings. The summed E-state index contributed by atoms with van der Waals surface area (Å²) in [6, 6.07) is 13.4. The Morgan fingerprint density at radius 2 is 1.81 bits per heavy atom. The Bertz CT molecular complexity index is 1200. The number of non-ortho nitro benzene ring substituents is 1. The van der Waals surface area contributed by atoms with Crippen molar-refractivity contribution in [2.45, 2.75) is 13.8 Å². The molecule has 9 nitrogen and oxygen atoms in total. The van der Waals surface area contributed by atoms with E-state index in [-0.39, 0.29) is 33.5 Å². The minimum Gasteiger partial charge on any atom is -0.451 e. The molecule has 0 aliphatic rings. The van der Waals surface area contributed by atoms with Gasteiger partial charge in [0.2, 0.25) is 0 Å². The predicted octanol–water partition coefficient (Wildman–Crippen LogP) is 4.89. The van der Waals surface area contributed by atoms with E-state index in [4.69, 9.17) is 16.0 Å². The molecule has 0 saturated carbocycles. The lowest BCUT2D eigenvalue weighted by molar-refractivity contribution is -0.384. The number of para-hydroxylation sites is 1. The van der Waals surface area contributed by atoms with Crippen LogP contribution in [0.4, 0.5) is 11.4 Å². The molecule has 0 fully saturated rings. The highest BCUT2D eigenvalue weighted by Gasteiger charge is 2.18. The molecule has 0 aliphatic heterocycles. The van der Waals surface area contributed by atoms with Gasteiger partial charge in [0.05, 0.1) is 21.2 Å². The van der Waals surface area contributed by atoms with Crippen molar-refractivity contribution in [3.8, 4) is 11.3 Å². The van der Waals surface area contributed by atoms with Crippen LogP contribution in [0.3, 0.4) is 0 Å². The van der Waals surface area contributed by atoms with Crippen molar-refractivity contribution >= 4 is 40.5 Å². The third kappa shape index (κ3) is 5.14. The zero-order valence-electron chi connectivity index (χ0n) is 16.5. The van der Waals surface area contributed by atoms with Crippen LogP contribution in [0.2, 0.25) is 5.02 Å². The van der Waals surface area contributed by atoms with Gasteiger partial charge in [-0.05, 0) is 44.2 Å². The number of hydrazone groups is 1. The Labute approximate surface area is 181 Å². The molecule has 0 aliphatic carbocycles. The van der Waals surface area contributed by atoms with E-state index in [1.807, 2.05) is 0 Å². The maximum atomic E-state index is 12.6. The maximum absolute atomic E-state index is 12.6. The average Bonchev–Trinajstić information content (AvgIpc) is 3.22. The van der Waals surface area contributed by atoms with E-state index in [1.165, 1.54) is 30.3 Å². The molecule has 31 heavy (non-hydrogen) atoms. The Hall–Kier alpha value is -3.98. The van der Waals surface area contributed by atoms with Gasteiger partial charge in [0.15, 0.2) is 5.76 Å². The van der Waals surface area contributed by atoms with Crippen LogP contribution in [0.15, 0.2) is 64.1 Å². The summed E-state index contributed by atoms with van der Waals surface area (Å²) in [5.74, 6) is -0.819. The highest BCUT2D eigenvalue weighted by Crippen LogP contribution is 2.32.